The minimum atomic E-state index is -3.34. The van der Waals surface area contributed by atoms with Gasteiger partial charge in [-0.05, 0) is 99.8 Å². The first-order valence-electron chi connectivity index (χ1n) is 38.3. The molecule has 8 atom stereocenters. The van der Waals surface area contributed by atoms with E-state index < -0.39 is 81.3 Å². The third-order valence-electron chi connectivity index (χ3n) is 16.0. The molecule has 0 bridgehead atoms. The lowest BCUT2D eigenvalue weighted by Gasteiger charge is -2.04. The van der Waals surface area contributed by atoms with Crippen molar-refractivity contribution in [3.05, 3.63) is 96.3 Å². The third kappa shape index (κ3) is 35.9. The van der Waals surface area contributed by atoms with Gasteiger partial charge in [0.05, 0.1) is 127 Å². The summed E-state index contributed by atoms with van der Waals surface area (Å²) in [7, 11) is -20.5. The second-order valence-electron chi connectivity index (χ2n) is 31.9. The number of aromatic nitrogens is 9. The molecule has 0 saturated heterocycles. The Morgan fingerprint density at radius 2 is 0.689 bits per heavy atom. The maximum Gasteiger partial charge on any atom is 0.251 e. The Hall–Kier alpha value is -3.24. The molecule has 1 aliphatic rings. The van der Waals surface area contributed by atoms with E-state index in [0.29, 0.717) is 81.2 Å². The second kappa shape index (κ2) is 48.6. The summed E-state index contributed by atoms with van der Waals surface area (Å²) in [4.78, 5) is 48.4. The number of thiazole rings is 9. The largest absolute Gasteiger partial charge is 0.341 e. The number of nitrogens with two attached hydrogens (primary N) is 3. The van der Waals surface area contributed by atoms with Gasteiger partial charge in [0.2, 0.25) is 13.6 Å². The first kappa shape index (κ1) is 117. The number of sulfonamides is 1. The number of rotatable bonds is 20. The highest BCUT2D eigenvalue weighted by Crippen LogP contribution is 2.42. The van der Waals surface area contributed by atoms with Crippen LogP contribution in [-0.2, 0) is 73.0 Å². The average Bonchev–Trinajstić information content (AvgIpc) is 1.62. The van der Waals surface area contributed by atoms with E-state index in [2.05, 4.69) is 141 Å². The van der Waals surface area contributed by atoms with Crippen LogP contribution in [0.4, 0.5) is 0 Å². The lowest BCUT2D eigenvalue weighted by molar-refractivity contribution is 0.497. The molecular weight excluding hydrogens is 1900 g/mol. The molecule has 1 saturated carbocycles. The molecule has 0 aliphatic heterocycles. The third-order valence-corrected chi connectivity index (χ3v) is 49.2. The zero-order valence-corrected chi connectivity index (χ0v) is 91.4. The molecule has 8 unspecified atom stereocenters. The molecule has 9 heterocycles. The summed E-state index contributed by atoms with van der Waals surface area (Å²) in [6.07, 6.45) is 8.57. The summed E-state index contributed by atoms with van der Waals surface area (Å²) < 4.78 is 129. The number of nitrogens with zero attached hydrogens (tertiary/aromatic N) is 11. The van der Waals surface area contributed by atoms with Crippen molar-refractivity contribution < 1.29 is 48.1 Å². The number of nitriles is 1. The molecule has 122 heavy (non-hydrogen) atoms. The molecular formula is C78H134N15O11P3S15. The standard InChI is InChI=1S/C11H17NOS2.C9H13N3OS2.C9H15NOS2.C8H14N2O2S2.2C8H15N2OPS.C8H14N2OS2.C8H14NO2PS.C8H13NOS2.CH4/c1-7(2)10-12-8(3)11(14-10)15(4,13)9-5-6-9;1-6(2)8-12-7(3)9(14-8)15(4,13)11-5-10;1-6(2)8-10-7(3)9(12-8)13(4,5)11;1-5(2)7-10-6(3)8(13-7)14(11,12)9-4;2*1-5(2)7-10-6(3)8(13-7)12(4,9)11;1-5(2)7-10-6(3)8(12-7)13(4,9)11;1-5(2)7-9-6(3)8(13-7)12(4,10)11;1-5(2)7-9-6(3)8(11-7)12(4)10;/h7,9H,4-6H2,1-3H3;6H,1-4H3;6H,4H2,1-3,5H3;5,9H,1-4H3;2*5H,1-4H3,(H2,9,11);5H,4H2,1-3H3,(H2,9,11);5H,1-4H3,(H,10,11);5H,1-4H3;1H4. The summed E-state index contributed by atoms with van der Waals surface area (Å²) in [6, 6.07) is 0. The molecule has 9 aromatic rings. The van der Waals surface area contributed by atoms with Crippen molar-refractivity contribution in [1.82, 2.24) is 49.6 Å². The Labute approximate surface area is 769 Å². The smallest absolute Gasteiger partial charge is 0.251 e. The summed E-state index contributed by atoms with van der Waals surface area (Å²) in [6.45, 7) is 58.2. The van der Waals surface area contributed by atoms with Crippen LogP contribution in [0, 0.1) is 73.8 Å². The first-order valence-corrected chi connectivity index (χ1v) is 62.9. The van der Waals surface area contributed by atoms with E-state index in [0.717, 1.165) is 120 Å². The van der Waals surface area contributed by atoms with Gasteiger partial charge in [-0.1, -0.05) is 132 Å². The van der Waals surface area contributed by atoms with Crippen molar-refractivity contribution in [2.75, 3.05) is 45.8 Å². The van der Waals surface area contributed by atoms with Crippen molar-refractivity contribution in [3.8, 4) is 6.19 Å². The van der Waals surface area contributed by atoms with Gasteiger partial charge in [-0.25, -0.2) is 66.4 Å². The highest BCUT2D eigenvalue weighted by Gasteiger charge is 2.35. The fraction of sp³-hybridized carbons (Fsp3) is 0.603. The Bertz CT molecular complexity index is 5550. The second-order valence-corrected chi connectivity index (χ2v) is 62.9. The Kier molecular flexibility index (Phi) is 46.5. The molecule has 0 amide bonds. The molecule has 9 aromatic heterocycles. The van der Waals surface area contributed by atoms with Crippen molar-refractivity contribution in [3.63, 3.8) is 0 Å². The Balaban J connectivity index is 0.000000686. The molecule has 0 radical (unpaired) electrons. The van der Waals surface area contributed by atoms with E-state index in [1.807, 2.05) is 96.9 Å². The van der Waals surface area contributed by atoms with E-state index in [9.17, 15) is 48.1 Å². The summed E-state index contributed by atoms with van der Waals surface area (Å²) in [5, 5.41) is 23.2. The number of hydrogen-bond acceptors (Lipinski definition) is 30. The lowest BCUT2D eigenvalue weighted by Crippen LogP contribution is -2.18. The minimum absolute atomic E-state index is 0. The van der Waals surface area contributed by atoms with Crippen molar-refractivity contribution in [1.29, 1.82) is 5.26 Å². The molecule has 1 aliphatic carbocycles. The van der Waals surface area contributed by atoms with Crippen molar-refractivity contribution in [2.24, 2.45) is 20.5 Å². The SMILES string of the molecule is C.C=S(=O)(c1sc(C(C)C)nc1C)C1CC1.C=S(C)(=O)c1sc(C(C)C)nc1C.C=S(N)(=O)c1sc(C(C)C)nc1C.CNS(=O)(=O)c1sc(C(C)C)nc1C.Cc1nc(C(C)C)sc1P(C)(=O)O.Cc1nc(C(C)C)sc1P(C)(N)=O.Cc1nc(C(C)C)sc1P(C)(N)=O.Cc1nc(C(C)C)sc1S(C)(=O)=NC#N.Cc1nc(C(C)C)sc1S(C)=O. The van der Waals surface area contributed by atoms with Crippen LogP contribution in [-0.4, -0.2) is 148 Å². The van der Waals surface area contributed by atoms with Crippen molar-refractivity contribution in [2.45, 2.75) is 291 Å². The maximum atomic E-state index is 12.5. The Morgan fingerprint density at radius 1 is 0.443 bits per heavy atom. The molecule has 26 nitrogen and oxygen atoms in total. The topological polar surface area (TPSA) is 433 Å². The van der Waals surface area contributed by atoms with Crippen LogP contribution in [0.5, 0.6) is 0 Å². The van der Waals surface area contributed by atoms with E-state index in [1.165, 1.54) is 99.3 Å². The number of aryl methyl sites for hydroxylation is 9. The van der Waals surface area contributed by atoms with Crippen LogP contribution in [0.15, 0.2) is 29.6 Å². The quantitative estimate of drug-likeness (QED) is 0.0269. The van der Waals surface area contributed by atoms with E-state index in [1.54, 1.807) is 75.5 Å². The normalized spacial score (nSPS) is 15.7. The van der Waals surface area contributed by atoms with Crippen LogP contribution in [0.1, 0.15) is 294 Å². The number of nitrogens with one attached hydrogen (secondary N) is 1. The van der Waals surface area contributed by atoms with Gasteiger partial charge in [0.15, 0.2) is 18.8 Å². The van der Waals surface area contributed by atoms with Crippen molar-refractivity contribution >= 4 is 215 Å². The number of hydrogen-bond donors (Lipinski definition) is 5. The first-order chi connectivity index (χ1) is 54.8. The van der Waals surface area contributed by atoms with Gasteiger partial charge in [0, 0.05) is 116 Å². The van der Waals surface area contributed by atoms with Crippen LogP contribution in [0.3, 0.4) is 0 Å². The zero-order chi connectivity index (χ0) is 94.2. The highest BCUT2D eigenvalue weighted by molar-refractivity contribution is 8.03. The molecule has 44 heteroatoms. The molecule has 0 aromatic carbocycles. The minimum Gasteiger partial charge on any atom is -0.341 e. The highest BCUT2D eigenvalue weighted by atomic mass is 32.3. The van der Waals surface area contributed by atoms with Crippen LogP contribution in [0.2, 0.25) is 0 Å². The molecule has 0 spiro atoms. The lowest BCUT2D eigenvalue weighted by atomic mass is 10.2. The fourth-order valence-electron chi connectivity index (χ4n) is 9.79. The Morgan fingerprint density at radius 3 is 0.910 bits per heavy atom. The average molecular weight is 2030 g/mol. The summed E-state index contributed by atoms with van der Waals surface area (Å²) in [5.74, 6) is 14.3. The van der Waals surface area contributed by atoms with Gasteiger partial charge in [-0.3, -0.25) is 33.3 Å². The predicted octanol–water partition coefficient (Wildman–Crippen LogP) is 19.8. The van der Waals surface area contributed by atoms with Gasteiger partial charge in [-0.2, -0.15) is 5.26 Å². The van der Waals surface area contributed by atoms with Gasteiger partial charge in [0.25, 0.3) is 10.0 Å². The van der Waals surface area contributed by atoms with Gasteiger partial charge in [0.1, 0.15) is 34.9 Å². The summed E-state index contributed by atoms with van der Waals surface area (Å²) >= 11 is 13.0. The molecule has 10 rings (SSSR count). The van der Waals surface area contributed by atoms with E-state index in [4.69, 9.17) is 21.4 Å². The molecule has 692 valence electrons. The van der Waals surface area contributed by atoms with Crippen LogP contribution < -0.4 is 34.7 Å². The van der Waals surface area contributed by atoms with E-state index in [-0.39, 0.29) is 13.3 Å². The molecule has 1 fully saturated rings. The monoisotopic (exact) mass is 2030 g/mol. The van der Waals surface area contributed by atoms with Crippen LogP contribution >= 0.6 is 124 Å². The van der Waals surface area contributed by atoms with Crippen LogP contribution in [0.25, 0.3) is 0 Å². The van der Waals surface area contributed by atoms with Gasteiger partial charge < -0.3 is 14.0 Å². The summed E-state index contributed by atoms with van der Waals surface area (Å²) in [5.41, 5.74) is 18.3. The van der Waals surface area contributed by atoms with Gasteiger partial charge in [-0.15, -0.1) is 106 Å². The van der Waals surface area contributed by atoms with Gasteiger partial charge >= 0.3 is 0 Å². The molecule has 8 N–H and O–H groups in total. The maximum absolute atomic E-state index is 12.5. The fourth-order valence-corrected chi connectivity index (χ4v) is 32.6. The van der Waals surface area contributed by atoms with E-state index >= 15 is 0 Å². The predicted molar refractivity (Wildman–Crippen MR) is 538 cm³/mol. The zero-order valence-electron chi connectivity index (χ0n) is 76.5.